The van der Waals surface area contributed by atoms with Crippen LogP contribution in [0, 0.1) is 0 Å². The zero-order valence-electron chi connectivity index (χ0n) is 14.3. The normalized spacial score (nSPS) is 15.3. The van der Waals surface area contributed by atoms with E-state index in [-0.39, 0.29) is 19.0 Å². The molecule has 1 heterocycles. The second-order valence-electron chi connectivity index (χ2n) is 6.62. The number of imidazole rings is 1. The van der Waals surface area contributed by atoms with E-state index < -0.39 is 6.10 Å². The summed E-state index contributed by atoms with van der Waals surface area (Å²) in [6.45, 7) is 0.765. The molecule has 1 unspecified atom stereocenters. The summed E-state index contributed by atoms with van der Waals surface area (Å²) in [7, 11) is 0. The van der Waals surface area contributed by atoms with Crippen molar-refractivity contribution in [3.8, 4) is 5.75 Å². The zero-order valence-corrected chi connectivity index (χ0v) is 16.7. The highest BCUT2D eigenvalue weighted by molar-refractivity contribution is 9.10. The van der Waals surface area contributed by atoms with Crippen LogP contribution in [-0.2, 0) is 6.54 Å². The van der Waals surface area contributed by atoms with Crippen LogP contribution in [0.3, 0.4) is 0 Å². The largest absolute Gasteiger partial charge is 0.491 e. The van der Waals surface area contributed by atoms with Gasteiger partial charge in [0.25, 0.3) is 0 Å². The average Bonchev–Trinajstić information content (AvgIpc) is 2.91. The number of aliphatic hydroxyl groups excluding tert-OH is 1. The molecule has 1 N–H and O–H groups in total. The topological polar surface area (TPSA) is 47.3 Å². The second kappa shape index (κ2) is 8.42. The number of para-hydroxylation sites is 2. The third kappa shape index (κ3) is 4.05. The number of halogens is 2. The molecule has 0 saturated heterocycles. The molecule has 138 valence electrons. The van der Waals surface area contributed by atoms with Crippen LogP contribution < -0.4 is 4.74 Å². The Morgan fingerprint density at radius 3 is 2.58 bits per heavy atom. The molecule has 4 rings (SSSR count). The smallest absolute Gasteiger partial charge is 0.119 e. The highest BCUT2D eigenvalue weighted by Crippen LogP contribution is 2.37. The van der Waals surface area contributed by atoms with Crippen molar-refractivity contribution in [2.24, 2.45) is 0 Å². The molecule has 1 fully saturated rings. The van der Waals surface area contributed by atoms with Gasteiger partial charge in [-0.3, -0.25) is 0 Å². The number of aromatic nitrogens is 2. The molecule has 0 amide bonds. The molecule has 3 aromatic rings. The third-order valence-corrected chi connectivity index (χ3v) is 5.33. The van der Waals surface area contributed by atoms with Gasteiger partial charge in [-0.25, -0.2) is 4.98 Å². The van der Waals surface area contributed by atoms with Gasteiger partial charge in [0.15, 0.2) is 0 Å². The predicted molar refractivity (Wildman–Crippen MR) is 109 cm³/mol. The molecule has 0 aliphatic heterocycles. The first-order valence-corrected chi connectivity index (χ1v) is 9.51. The van der Waals surface area contributed by atoms with E-state index in [1.165, 1.54) is 19.3 Å². The summed E-state index contributed by atoms with van der Waals surface area (Å²) < 4.78 is 8.90. The number of fused-ring (bicyclic) bond motifs is 1. The van der Waals surface area contributed by atoms with E-state index in [0.29, 0.717) is 12.5 Å². The standard InChI is InChI=1S/C20H21BrN2O2.ClH/c21-15-8-10-17(11-9-15)25-13-16(24)12-23-19-7-2-1-6-18(19)22-20(23)14-4-3-5-14;/h1-2,6-11,14,16,24H,3-5,12-13H2;1H. The number of nitrogens with zero attached hydrogens (tertiary/aromatic N) is 2. The van der Waals surface area contributed by atoms with Crippen LogP contribution in [0.5, 0.6) is 5.75 Å². The maximum Gasteiger partial charge on any atom is 0.119 e. The molecule has 2 aromatic carbocycles. The summed E-state index contributed by atoms with van der Waals surface area (Å²) in [6, 6.07) is 15.8. The monoisotopic (exact) mass is 436 g/mol. The van der Waals surface area contributed by atoms with Crippen LogP contribution in [0.2, 0.25) is 0 Å². The number of rotatable bonds is 6. The van der Waals surface area contributed by atoms with Gasteiger partial charge in [-0.05, 0) is 49.2 Å². The van der Waals surface area contributed by atoms with Crippen LogP contribution >= 0.6 is 28.3 Å². The molecule has 0 bridgehead atoms. The summed E-state index contributed by atoms with van der Waals surface area (Å²) in [4.78, 5) is 4.82. The maximum atomic E-state index is 10.5. The SMILES string of the molecule is Cl.OC(COc1ccc(Br)cc1)Cn1c(C2CCC2)nc2ccccc21. The molecular formula is C20H22BrClN2O2. The van der Waals surface area contributed by atoms with Gasteiger partial charge in [0.1, 0.15) is 24.3 Å². The van der Waals surface area contributed by atoms with Gasteiger partial charge in [-0.2, -0.15) is 0 Å². The zero-order chi connectivity index (χ0) is 17.2. The average molecular weight is 438 g/mol. The molecule has 1 atom stereocenters. The van der Waals surface area contributed by atoms with Crippen LogP contribution in [0.1, 0.15) is 31.0 Å². The minimum Gasteiger partial charge on any atom is -0.491 e. The molecule has 1 aliphatic carbocycles. The van der Waals surface area contributed by atoms with E-state index in [9.17, 15) is 5.11 Å². The fraction of sp³-hybridized carbons (Fsp3) is 0.350. The Morgan fingerprint density at radius 1 is 1.15 bits per heavy atom. The highest BCUT2D eigenvalue weighted by Gasteiger charge is 2.26. The molecule has 0 spiro atoms. The predicted octanol–water partition coefficient (Wildman–Crippen LogP) is 4.93. The Kier molecular flexibility index (Phi) is 6.22. The van der Waals surface area contributed by atoms with Crippen LogP contribution in [0.25, 0.3) is 11.0 Å². The van der Waals surface area contributed by atoms with Gasteiger partial charge in [0, 0.05) is 10.4 Å². The number of hydrogen-bond donors (Lipinski definition) is 1. The van der Waals surface area contributed by atoms with E-state index in [1.807, 2.05) is 42.5 Å². The van der Waals surface area contributed by atoms with Crippen molar-refractivity contribution in [3.63, 3.8) is 0 Å². The van der Waals surface area contributed by atoms with E-state index in [4.69, 9.17) is 9.72 Å². The molecular weight excluding hydrogens is 416 g/mol. The van der Waals surface area contributed by atoms with Gasteiger partial charge in [0.2, 0.25) is 0 Å². The Balaban J connectivity index is 0.00000196. The molecule has 1 saturated carbocycles. The Bertz CT molecular complexity index is 862. The second-order valence-corrected chi connectivity index (χ2v) is 7.53. The molecule has 26 heavy (non-hydrogen) atoms. The third-order valence-electron chi connectivity index (χ3n) is 4.80. The fourth-order valence-corrected chi connectivity index (χ4v) is 3.52. The highest BCUT2D eigenvalue weighted by atomic mass is 79.9. The Hall–Kier alpha value is -1.56. The van der Waals surface area contributed by atoms with E-state index in [0.717, 1.165) is 27.1 Å². The molecule has 0 radical (unpaired) electrons. The lowest BCUT2D eigenvalue weighted by Crippen LogP contribution is -2.26. The van der Waals surface area contributed by atoms with Gasteiger partial charge >= 0.3 is 0 Å². The summed E-state index contributed by atoms with van der Waals surface area (Å²) in [5.74, 6) is 2.39. The summed E-state index contributed by atoms with van der Waals surface area (Å²) in [5, 5.41) is 10.5. The van der Waals surface area contributed by atoms with Crippen molar-refractivity contribution in [1.82, 2.24) is 9.55 Å². The Labute approximate surface area is 167 Å². The first kappa shape index (κ1) is 19.2. The summed E-state index contributed by atoms with van der Waals surface area (Å²) >= 11 is 3.41. The van der Waals surface area contributed by atoms with E-state index in [1.54, 1.807) is 0 Å². The van der Waals surface area contributed by atoms with Gasteiger partial charge < -0.3 is 14.4 Å². The first-order chi connectivity index (χ1) is 12.2. The van der Waals surface area contributed by atoms with Crippen LogP contribution in [0.15, 0.2) is 53.0 Å². The van der Waals surface area contributed by atoms with Crippen molar-refractivity contribution < 1.29 is 9.84 Å². The van der Waals surface area contributed by atoms with Crippen molar-refractivity contribution >= 4 is 39.4 Å². The van der Waals surface area contributed by atoms with Crippen molar-refractivity contribution in [3.05, 3.63) is 58.8 Å². The molecule has 6 heteroatoms. The van der Waals surface area contributed by atoms with E-state index in [2.05, 4.69) is 26.6 Å². The maximum absolute atomic E-state index is 10.5. The summed E-state index contributed by atoms with van der Waals surface area (Å²) in [5.41, 5.74) is 2.09. The van der Waals surface area contributed by atoms with Crippen molar-refractivity contribution in [1.29, 1.82) is 0 Å². The lowest BCUT2D eigenvalue weighted by atomic mass is 9.85. The number of hydrogen-bond acceptors (Lipinski definition) is 3. The Morgan fingerprint density at radius 2 is 1.88 bits per heavy atom. The van der Waals surface area contributed by atoms with Gasteiger partial charge in [-0.15, -0.1) is 12.4 Å². The van der Waals surface area contributed by atoms with Gasteiger partial charge in [-0.1, -0.05) is 34.5 Å². The number of ether oxygens (including phenoxy) is 1. The molecule has 4 nitrogen and oxygen atoms in total. The van der Waals surface area contributed by atoms with E-state index >= 15 is 0 Å². The van der Waals surface area contributed by atoms with Crippen molar-refractivity contribution in [2.45, 2.75) is 37.8 Å². The number of benzene rings is 2. The molecule has 1 aromatic heterocycles. The molecule has 1 aliphatic rings. The quantitative estimate of drug-likeness (QED) is 0.595. The minimum absolute atomic E-state index is 0. The fourth-order valence-electron chi connectivity index (χ4n) is 3.25. The number of aliphatic hydroxyl groups is 1. The van der Waals surface area contributed by atoms with Gasteiger partial charge in [0.05, 0.1) is 17.6 Å². The van der Waals surface area contributed by atoms with Crippen molar-refractivity contribution in [2.75, 3.05) is 6.61 Å². The lowest BCUT2D eigenvalue weighted by molar-refractivity contribution is 0.0919. The van der Waals surface area contributed by atoms with Crippen LogP contribution in [-0.4, -0.2) is 27.4 Å². The lowest BCUT2D eigenvalue weighted by Gasteiger charge is -2.26. The minimum atomic E-state index is -0.583. The van der Waals surface area contributed by atoms with Crippen LogP contribution in [0.4, 0.5) is 0 Å². The summed E-state index contributed by atoms with van der Waals surface area (Å²) in [6.07, 6.45) is 3.06. The first-order valence-electron chi connectivity index (χ1n) is 8.72.